The molecule has 1 aliphatic rings. The van der Waals surface area contributed by atoms with Gasteiger partial charge in [-0.15, -0.1) is 0 Å². The van der Waals surface area contributed by atoms with Gasteiger partial charge in [0.05, 0.1) is 18.4 Å². The third kappa shape index (κ3) is 3.13. The first-order valence-corrected chi connectivity index (χ1v) is 7.07. The van der Waals surface area contributed by atoms with Crippen molar-refractivity contribution in [2.45, 2.75) is 25.8 Å². The molecule has 1 N–H and O–H groups in total. The molecule has 0 spiro atoms. The third-order valence-electron chi connectivity index (χ3n) is 3.71. The number of rotatable bonds is 4. The average Bonchev–Trinajstić information content (AvgIpc) is 3.12. The lowest BCUT2D eigenvalue weighted by atomic mass is 10.1. The molecule has 0 aliphatic carbocycles. The summed E-state index contributed by atoms with van der Waals surface area (Å²) in [5.41, 5.74) is 1.91. The number of nitrogens with zero attached hydrogens (tertiary/aromatic N) is 4. The zero-order valence-corrected chi connectivity index (χ0v) is 12.2. The van der Waals surface area contributed by atoms with Crippen molar-refractivity contribution < 1.29 is 9.32 Å². The lowest BCUT2D eigenvalue weighted by molar-refractivity contribution is -0.117. The summed E-state index contributed by atoms with van der Waals surface area (Å²) in [6.45, 7) is 3.08. The van der Waals surface area contributed by atoms with Gasteiger partial charge in [-0.3, -0.25) is 19.7 Å². The number of likely N-dealkylation sites (tertiary alicyclic amines) is 1. The Morgan fingerprint density at radius 3 is 3.10 bits per heavy atom. The zero-order valence-electron chi connectivity index (χ0n) is 12.2. The predicted molar refractivity (Wildman–Crippen MR) is 76.6 cm³/mol. The fourth-order valence-electron chi connectivity index (χ4n) is 2.79. The maximum absolute atomic E-state index is 12.1. The molecular weight excluding hydrogens is 270 g/mol. The molecule has 0 saturated carbocycles. The Morgan fingerprint density at radius 2 is 2.43 bits per heavy atom. The summed E-state index contributed by atoms with van der Waals surface area (Å²) in [5, 5.41) is 10.7. The lowest BCUT2D eigenvalue weighted by Crippen LogP contribution is -2.32. The number of carbonyl (C=O) groups is 1. The van der Waals surface area contributed by atoms with E-state index in [0.29, 0.717) is 12.4 Å². The topological polar surface area (TPSA) is 76.2 Å². The van der Waals surface area contributed by atoms with Crippen LogP contribution in [0.4, 0.5) is 5.88 Å². The van der Waals surface area contributed by atoms with E-state index >= 15 is 0 Å². The second-order valence-electron chi connectivity index (χ2n) is 5.46. The van der Waals surface area contributed by atoms with Crippen molar-refractivity contribution in [1.82, 2.24) is 19.8 Å². The smallest absolute Gasteiger partial charge is 0.240 e. The molecule has 21 heavy (non-hydrogen) atoms. The molecule has 0 unspecified atom stereocenters. The van der Waals surface area contributed by atoms with Gasteiger partial charge in [-0.05, 0) is 26.3 Å². The summed E-state index contributed by atoms with van der Waals surface area (Å²) in [6.07, 6.45) is 6.04. The molecule has 0 aromatic carbocycles. The van der Waals surface area contributed by atoms with E-state index < -0.39 is 0 Å². The Labute approximate surface area is 122 Å². The minimum absolute atomic E-state index is 0.0815. The quantitative estimate of drug-likeness (QED) is 0.923. The molecule has 7 heteroatoms. The van der Waals surface area contributed by atoms with Crippen molar-refractivity contribution in [3.63, 3.8) is 0 Å². The van der Waals surface area contributed by atoms with E-state index in [9.17, 15) is 4.79 Å². The number of carbonyl (C=O) groups excluding carboxylic acids is 1. The first kappa shape index (κ1) is 13.8. The lowest BCUT2D eigenvalue weighted by Gasteiger charge is -2.22. The van der Waals surface area contributed by atoms with Gasteiger partial charge in [0.15, 0.2) is 0 Å². The molecule has 7 nitrogen and oxygen atoms in total. The van der Waals surface area contributed by atoms with Gasteiger partial charge in [0, 0.05) is 30.9 Å². The summed E-state index contributed by atoms with van der Waals surface area (Å²) in [6, 6.07) is 1.97. The highest BCUT2D eigenvalue weighted by Crippen LogP contribution is 2.31. The summed E-state index contributed by atoms with van der Waals surface area (Å²) < 4.78 is 6.80. The molecule has 1 aliphatic heterocycles. The van der Waals surface area contributed by atoms with Crippen LogP contribution < -0.4 is 5.32 Å². The highest BCUT2D eigenvalue weighted by Gasteiger charge is 2.28. The number of aromatic nitrogens is 3. The third-order valence-corrected chi connectivity index (χ3v) is 3.71. The summed E-state index contributed by atoms with van der Waals surface area (Å²) >= 11 is 0. The van der Waals surface area contributed by atoms with Gasteiger partial charge >= 0.3 is 0 Å². The van der Waals surface area contributed by atoms with Gasteiger partial charge in [-0.25, -0.2) is 0 Å². The Bertz CT molecular complexity index is 633. The monoisotopic (exact) mass is 289 g/mol. The standard InChI is InChI=1S/C14H19N5O2/c1-10-6-14(21-17-10)16-13(20)9-19-5-3-4-12(19)11-7-15-18(2)8-11/h6-8,12H,3-5,9H2,1-2H3,(H,16,20)/t12-/m0/s1. The number of hydrogen-bond acceptors (Lipinski definition) is 5. The Kier molecular flexibility index (Phi) is 3.74. The van der Waals surface area contributed by atoms with Crippen molar-refractivity contribution in [3.05, 3.63) is 29.7 Å². The molecule has 1 saturated heterocycles. The van der Waals surface area contributed by atoms with E-state index in [1.807, 2.05) is 26.4 Å². The fraction of sp³-hybridized carbons (Fsp3) is 0.500. The van der Waals surface area contributed by atoms with Crippen LogP contribution in [-0.2, 0) is 11.8 Å². The average molecular weight is 289 g/mol. The van der Waals surface area contributed by atoms with E-state index in [-0.39, 0.29) is 11.9 Å². The molecule has 3 rings (SSSR count). The number of nitrogens with one attached hydrogen (secondary N) is 1. The molecule has 3 heterocycles. The van der Waals surface area contributed by atoms with Crippen LogP contribution in [0.25, 0.3) is 0 Å². The molecule has 0 bridgehead atoms. The molecule has 2 aromatic heterocycles. The molecule has 1 fully saturated rings. The molecule has 0 radical (unpaired) electrons. The first-order chi connectivity index (χ1) is 10.1. The van der Waals surface area contributed by atoms with Crippen molar-refractivity contribution in [1.29, 1.82) is 0 Å². The summed E-state index contributed by atoms with van der Waals surface area (Å²) in [5.74, 6) is 0.316. The van der Waals surface area contributed by atoms with Crippen LogP contribution in [0, 0.1) is 6.92 Å². The van der Waals surface area contributed by atoms with Crippen molar-refractivity contribution in [2.24, 2.45) is 7.05 Å². The van der Waals surface area contributed by atoms with Crippen molar-refractivity contribution in [3.8, 4) is 0 Å². The highest BCUT2D eigenvalue weighted by atomic mass is 16.5. The normalized spacial score (nSPS) is 19.0. The van der Waals surface area contributed by atoms with Crippen LogP contribution in [0.15, 0.2) is 23.0 Å². The van der Waals surface area contributed by atoms with Gasteiger partial charge in [0.25, 0.3) is 0 Å². The van der Waals surface area contributed by atoms with Crippen molar-refractivity contribution >= 4 is 11.8 Å². The van der Waals surface area contributed by atoms with Crippen LogP contribution in [0.3, 0.4) is 0 Å². The Balaban J connectivity index is 1.62. The Hall–Kier alpha value is -2.15. The first-order valence-electron chi connectivity index (χ1n) is 7.07. The number of aryl methyl sites for hydroxylation is 2. The van der Waals surface area contributed by atoms with E-state index in [1.54, 1.807) is 10.7 Å². The van der Waals surface area contributed by atoms with Gasteiger partial charge < -0.3 is 4.52 Å². The maximum atomic E-state index is 12.1. The largest absolute Gasteiger partial charge is 0.338 e. The second-order valence-corrected chi connectivity index (χ2v) is 5.46. The number of amides is 1. The van der Waals surface area contributed by atoms with Crippen molar-refractivity contribution in [2.75, 3.05) is 18.4 Å². The van der Waals surface area contributed by atoms with Gasteiger partial charge in [0.2, 0.25) is 11.8 Å². The number of hydrogen-bond donors (Lipinski definition) is 1. The SMILES string of the molecule is Cc1cc(NC(=O)CN2CCC[C@H]2c2cnn(C)c2)on1. The number of anilines is 1. The van der Waals surface area contributed by atoms with Gasteiger partial charge in [0.1, 0.15) is 0 Å². The highest BCUT2D eigenvalue weighted by molar-refractivity contribution is 5.91. The van der Waals surface area contributed by atoms with Crippen LogP contribution in [0.1, 0.15) is 30.1 Å². The summed E-state index contributed by atoms with van der Waals surface area (Å²) in [7, 11) is 1.90. The Morgan fingerprint density at radius 1 is 1.57 bits per heavy atom. The van der Waals surface area contributed by atoms with Gasteiger partial charge in [-0.2, -0.15) is 5.10 Å². The summed E-state index contributed by atoms with van der Waals surface area (Å²) in [4.78, 5) is 14.3. The molecule has 1 atom stereocenters. The predicted octanol–water partition coefficient (Wildman–Crippen LogP) is 1.49. The van der Waals surface area contributed by atoms with Crippen LogP contribution in [0.5, 0.6) is 0 Å². The zero-order chi connectivity index (χ0) is 14.8. The van der Waals surface area contributed by atoms with Crippen LogP contribution in [-0.4, -0.2) is 38.8 Å². The van der Waals surface area contributed by atoms with E-state index in [1.165, 1.54) is 5.56 Å². The second kappa shape index (κ2) is 5.69. The van der Waals surface area contributed by atoms with Crippen LogP contribution in [0.2, 0.25) is 0 Å². The molecular formula is C14H19N5O2. The van der Waals surface area contributed by atoms with Crippen LogP contribution >= 0.6 is 0 Å². The minimum atomic E-state index is -0.0815. The minimum Gasteiger partial charge on any atom is -0.338 e. The molecule has 1 amide bonds. The molecule has 2 aromatic rings. The maximum Gasteiger partial charge on any atom is 0.240 e. The van der Waals surface area contributed by atoms with Gasteiger partial charge in [-0.1, -0.05) is 5.16 Å². The molecule has 112 valence electrons. The van der Waals surface area contributed by atoms with E-state index in [0.717, 1.165) is 25.1 Å². The fourth-order valence-corrected chi connectivity index (χ4v) is 2.79. The van der Waals surface area contributed by atoms with E-state index in [2.05, 4.69) is 20.5 Å². The van der Waals surface area contributed by atoms with E-state index in [4.69, 9.17) is 4.52 Å².